The lowest BCUT2D eigenvalue weighted by molar-refractivity contribution is -0.121. The Balaban J connectivity index is 2.01. The minimum atomic E-state index is -0.140. The van der Waals surface area contributed by atoms with E-state index < -0.39 is 0 Å². The zero-order valence-electron chi connectivity index (χ0n) is 10.6. The Morgan fingerprint density at radius 3 is 2.61 bits per heavy atom. The standard InChI is InChI=1S/C14H20N2OS/c1-18-13(11-5-3-2-4-6-11)14(17)16-12(9-15)10-7-8-10/h2-6,10,12-13H,7-9,15H2,1H3,(H,16,17). The van der Waals surface area contributed by atoms with Gasteiger partial charge in [0.05, 0.1) is 0 Å². The summed E-state index contributed by atoms with van der Waals surface area (Å²) in [6.07, 6.45) is 4.35. The Labute approximate surface area is 113 Å². The number of rotatable bonds is 6. The SMILES string of the molecule is CSC(C(=O)NC(CN)C1CC1)c1ccccc1. The third-order valence-corrected chi connectivity index (χ3v) is 4.31. The van der Waals surface area contributed by atoms with Gasteiger partial charge in [0, 0.05) is 12.6 Å². The van der Waals surface area contributed by atoms with Gasteiger partial charge in [0.15, 0.2) is 0 Å². The van der Waals surface area contributed by atoms with Gasteiger partial charge in [-0.05, 0) is 30.6 Å². The lowest BCUT2D eigenvalue weighted by Crippen LogP contribution is -2.43. The third-order valence-electron chi connectivity index (χ3n) is 3.35. The fourth-order valence-corrected chi connectivity index (χ4v) is 2.86. The van der Waals surface area contributed by atoms with E-state index in [1.54, 1.807) is 11.8 Å². The van der Waals surface area contributed by atoms with Gasteiger partial charge in [-0.3, -0.25) is 4.79 Å². The molecule has 4 heteroatoms. The van der Waals surface area contributed by atoms with Crippen LogP contribution in [0.15, 0.2) is 30.3 Å². The molecule has 1 aliphatic carbocycles. The summed E-state index contributed by atoms with van der Waals surface area (Å²) in [5, 5.41) is 2.95. The highest BCUT2D eigenvalue weighted by Gasteiger charge is 2.32. The van der Waals surface area contributed by atoms with Crippen molar-refractivity contribution in [3.8, 4) is 0 Å². The molecule has 3 N–H and O–H groups in total. The molecule has 0 saturated heterocycles. The van der Waals surface area contributed by atoms with Crippen LogP contribution >= 0.6 is 11.8 Å². The second kappa shape index (κ2) is 6.25. The van der Waals surface area contributed by atoms with Crippen molar-refractivity contribution in [3.63, 3.8) is 0 Å². The lowest BCUT2D eigenvalue weighted by Gasteiger charge is -2.20. The van der Waals surface area contributed by atoms with Gasteiger partial charge < -0.3 is 11.1 Å². The van der Waals surface area contributed by atoms with Crippen molar-refractivity contribution < 1.29 is 4.79 Å². The quantitative estimate of drug-likeness (QED) is 0.825. The van der Waals surface area contributed by atoms with Gasteiger partial charge in [0.1, 0.15) is 5.25 Å². The van der Waals surface area contributed by atoms with Crippen molar-refractivity contribution in [1.29, 1.82) is 0 Å². The molecule has 3 nitrogen and oxygen atoms in total. The number of nitrogens with two attached hydrogens (primary N) is 1. The summed E-state index contributed by atoms with van der Waals surface area (Å²) >= 11 is 1.56. The molecule has 1 aliphatic rings. The van der Waals surface area contributed by atoms with E-state index >= 15 is 0 Å². The van der Waals surface area contributed by atoms with E-state index in [0.29, 0.717) is 12.5 Å². The molecule has 0 aliphatic heterocycles. The average Bonchev–Trinajstić information content (AvgIpc) is 3.22. The molecule has 2 unspecified atom stereocenters. The van der Waals surface area contributed by atoms with Crippen LogP contribution in [0.4, 0.5) is 0 Å². The van der Waals surface area contributed by atoms with E-state index in [2.05, 4.69) is 5.32 Å². The zero-order chi connectivity index (χ0) is 13.0. The fraction of sp³-hybridized carbons (Fsp3) is 0.500. The first kappa shape index (κ1) is 13.4. The summed E-state index contributed by atoms with van der Waals surface area (Å²) in [4.78, 5) is 12.3. The molecule has 1 fully saturated rings. The molecular formula is C14H20N2OS. The fourth-order valence-electron chi connectivity index (χ4n) is 2.15. The molecule has 1 aromatic carbocycles. The van der Waals surface area contributed by atoms with Crippen LogP contribution in [-0.2, 0) is 4.79 Å². The van der Waals surface area contributed by atoms with E-state index in [0.717, 1.165) is 5.56 Å². The van der Waals surface area contributed by atoms with Crippen LogP contribution in [0.2, 0.25) is 0 Å². The second-order valence-corrected chi connectivity index (χ2v) is 5.66. The van der Waals surface area contributed by atoms with Gasteiger partial charge in [-0.2, -0.15) is 0 Å². The topological polar surface area (TPSA) is 55.1 Å². The van der Waals surface area contributed by atoms with Gasteiger partial charge >= 0.3 is 0 Å². The maximum Gasteiger partial charge on any atom is 0.237 e. The maximum atomic E-state index is 12.3. The Hall–Kier alpha value is -1.00. The molecule has 1 aromatic rings. The number of hydrogen-bond acceptors (Lipinski definition) is 3. The molecular weight excluding hydrogens is 244 g/mol. The van der Waals surface area contributed by atoms with Crippen LogP contribution in [0.25, 0.3) is 0 Å². The van der Waals surface area contributed by atoms with E-state index in [-0.39, 0.29) is 17.2 Å². The molecule has 18 heavy (non-hydrogen) atoms. The number of carbonyl (C=O) groups excluding carboxylic acids is 1. The highest BCUT2D eigenvalue weighted by atomic mass is 32.2. The largest absolute Gasteiger partial charge is 0.351 e. The average molecular weight is 264 g/mol. The second-order valence-electron chi connectivity index (χ2n) is 4.71. The molecule has 2 rings (SSSR count). The molecule has 0 radical (unpaired) electrons. The van der Waals surface area contributed by atoms with Crippen molar-refractivity contribution in [2.75, 3.05) is 12.8 Å². The zero-order valence-corrected chi connectivity index (χ0v) is 11.5. The first-order valence-electron chi connectivity index (χ1n) is 6.34. The van der Waals surface area contributed by atoms with E-state index in [9.17, 15) is 4.79 Å². The normalized spacial score (nSPS) is 18.1. The molecule has 0 bridgehead atoms. The highest BCUT2D eigenvalue weighted by Crippen LogP contribution is 2.33. The minimum absolute atomic E-state index is 0.0797. The molecule has 1 saturated carbocycles. The number of hydrogen-bond donors (Lipinski definition) is 2. The summed E-state index contributed by atoms with van der Waals surface area (Å²) in [5.74, 6) is 0.674. The van der Waals surface area contributed by atoms with E-state index in [1.807, 2.05) is 36.6 Å². The summed E-state index contributed by atoms with van der Waals surface area (Å²) < 4.78 is 0. The number of nitrogens with one attached hydrogen (secondary N) is 1. The van der Waals surface area contributed by atoms with Gasteiger partial charge in [-0.25, -0.2) is 0 Å². The molecule has 2 atom stereocenters. The molecule has 0 aromatic heterocycles. The predicted molar refractivity (Wildman–Crippen MR) is 76.4 cm³/mol. The van der Waals surface area contributed by atoms with E-state index in [1.165, 1.54) is 12.8 Å². The van der Waals surface area contributed by atoms with Gasteiger partial charge in [-0.1, -0.05) is 30.3 Å². The maximum absolute atomic E-state index is 12.3. The minimum Gasteiger partial charge on any atom is -0.351 e. The number of carbonyl (C=O) groups is 1. The smallest absolute Gasteiger partial charge is 0.237 e. The third kappa shape index (κ3) is 3.27. The number of amides is 1. The van der Waals surface area contributed by atoms with Crippen LogP contribution in [0.3, 0.4) is 0 Å². The van der Waals surface area contributed by atoms with Crippen molar-refractivity contribution in [3.05, 3.63) is 35.9 Å². The van der Waals surface area contributed by atoms with Crippen molar-refractivity contribution in [2.24, 2.45) is 11.7 Å². The van der Waals surface area contributed by atoms with Crippen LogP contribution in [-0.4, -0.2) is 24.7 Å². The van der Waals surface area contributed by atoms with Crippen LogP contribution in [0, 0.1) is 5.92 Å². The predicted octanol–water partition coefficient (Wildman–Crippen LogP) is 1.94. The Bertz CT molecular complexity index is 392. The van der Waals surface area contributed by atoms with Crippen molar-refractivity contribution in [2.45, 2.75) is 24.1 Å². The van der Waals surface area contributed by atoms with E-state index in [4.69, 9.17) is 5.73 Å². The Morgan fingerprint density at radius 2 is 2.11 bits per heavy atom. The Kier molecular flexibility index (Phi) is 4.66. The summed E-state index contributed by atoms with van der Waals surface area (Å²) in [7, 11) is 0. The summed E-state index contributed by atoms with van der Waals surface area (Å²) in [5.41, 5.74) is 6.77. The van der Waals surface area contributed by atoms with Gasteiger partial charge in [0.25, 0.3) is 0 Å². The molecule has 0 heterocycles. The molecule has 98 valence electrons. The highest BCUT2D eigenvalue weighted by molar-refractivity contribution is 7.99. The monoisotopic (exact) mass is 264 g/mol. The van der Waals surface area contributed by atoms with Gasteiger partial charge in [0.2, 0.25) is 5.91 Å². The van der Waals surface area contributed by atoms with Gasteiger partial charge in [-0.15, -0.1) is 11.8 Å². The Morgan fingerprint density at radius 1 is 1.44 bits per heavy atom. The number of thioether (sulfide) groups is 1. The molecule has 1 amide bonds. The molecule has 0 spiro atoms. The summed E-state index contributed by atoms with van der Waals surface area (Å²) in [6.45, 7) is 0.534. The summed E-state index contributed by atoms with van der Waals surface area (Å²) in [6, 6.07) is 10.0. The lowest BCUT2D eigenvalue weighted by atomic mass is 10.1. The van der Waals surface area contributed by atoms with Crippen molar-refractivity contribution in [1.82, 2.24) is 5.32 Å². The van der Waals surface area contributed by atoms with Crippen molar-refractivity contribution >= 4 is 17.7 Å². The number of benzene rings is 1. The van der Waals surface area contributed by atoms with Crippen LogP contribution in [0.1, 0.15) is 23.7 Å². The van der Waals surface area contributed by atoms with Crippen LogP contribution in [0.5, 0.6) is 0 Å². The first-order valence-corrected chi connectivity index (χ1v) is 7.63. The van der Waals surface area contributed by atoms with Crippen LogP contribution < -0.4 is 11.1 Å². The first-order chi connectivity index (χ1) is 8.76.